The van der Waals surface area contributed by atoms with Gasteiger partial charge in [0.05, 0.1) is 24.8 Å². The van der Waals surface area contributed by atoms with Crippen LogP contribution in [-0.2, 0) is 9.59 Å². The summed E-state index contributed by atoms with van der Waals surface area (Å²) in [5.41, 5.74) is 1.69. The first-order valence-corrected chi connectivity index (χ1v) is 8.38. The van der Waals surface area contributed by atoms with E-state index in [1.54, 1.807) is 24.1 Å². The number of likely N-dealkylation sites (tertiary alicyclic amines) is 1. The highest BCUT2D eigenvalue weighted by Crippen LogP contribution is 2.30. The van der Waals surface area contributed by atoms with Gasteiger partial charge in [-0.15, -0.1) is 0 Å². The monoisotopic (exact) mass is 338 g/mol. The third-order valence-electron chi connectivity index (χ3n) is 4.64. The maximum absolute atomic E-state index is 12.6. The number of hydrogen-bond acceptors (Lipinski definition) is 3. The Hall–Kier alpha value is -2.82. The lowest BCUT2D eigenvalue weighted by atomic mass is 10.1. The molecule has 1 fully saturated rings. The molecular weight excluding hydrogens is 316 g/mol. The summed E-state index contributed by atoms with van der Waals surface area (Å²) < 4.78 is 5.26. The summed E-state index contributed by atoms with van der Waals surface area (Å²) >= 11 is 0. The number of amides is 2. The highest BCUT2D eigenvalue weighted by atomic mass is 16.5. The fourth-order valence-corrected chi connectivity index (χ4v) is 3.18. The summed E-state index contributed by atoms with van der Waals surface area (Å²) in [6.45, 7) is 2.42. The zero-order chi connectivity index (χ0) is 17.8. The van der Waals surface area contributed by atoms with Crippen LogP contribution < -0.4 is 10.1 Å². The van der Waals surface area contributed by atoms with Crippen molar-refractivity contribution in [2.75, 3.05) is 19.0 Å². The highest BCUT2D eigenvalue weighted by Gasteiger charge is 2.37. The second-order valence-corrected chi connectivity index (χ2v) is 6.22. The number of methoxy groups -OCH3 is 1. The number of carbonyl (C=O) groups is 2. The fourth-order valence-electron chi connectivity index (χ4n) is 3.18. The zero-order valence-electron chi connectivity index (χ0n) is 14.4. The maximum atomic E-state index is 12.6. The molecule has 0 aromatic heterocycles. The topological polar surface area (TPSA) is 58.6 Å². The number of hydrogen-bond donors (Lipinski definition) is 1. The molecule has 1 heterocycles. The molecule has 25 heavy (non-hydrogen) atoms. The van der Waals surface area contributed by atoms with Crippen molar-refractivity contribution in [2.24, 2.45) is 5.92 Å². The number of carbonyl (C=O) groups excluding carboxylic acids is 2. The standard InChI is InChI=1S/C20H22N2O3/c1-14(15-8-4-3-5-9-15)22-13-16(12-19(22)23)20(24)21-17-10-6-7-11-18(17)25-2/h3-11,14,16H,12-13H2,1-2H3,(H,21,24)/t14-,16-/m1/s1. The normalized spacial score (nSPS) is 18.1. The van der Waals surface area contributed by atoms with E-state index in [0.717, 1.165) is 5.56 Å². The first kappa shape index (κ1) is 17.0. The molecule has 1 aliphatic rings. The van der Waals surface area contributed by atoms with Crippen LogP contribution in [0.25, 0.3) is 0 Å². The molecule has 0 aliphatic carbocycles. The Kier molecular flexibility index (Phi) is 5.03. The Morgan fingerprint density at radius 3 is 2.56 bits per heavy atom. The first-order valence-electron chi connectivity index (χ1n) is 8.38. The van der Waals surface area contributed by atoms with Crippen LogP contribution in [0, 0.1) is 5.92 Å². The lowest BCUT2D eigenvalue weighted by molar-refractivity contribution is -0.129. The third-order valence-corrected chi connectivity index (χ3v) is 4.64. The second kappa shape index (κ2) is 7.38. The van der Waals surface area contributed by atoms with Crippen molar-refractivity contribution in [1.82, 2.24) is 4.90 Å². The highest BCUT2D eigenvalue weighted by molar-refractivity contribution is 5.98. The number of para-hydroxylation sites is 2. The van der Waals surface area contributed by atoms with Gasteiger partial charge in [0.2, 0.25) is 11.8 Å². The lowest BCUT2D eigenvalue weighted by Crippen LogP contribution is -2.30. The molecule has 130 valence electrons. The predicted octanol–water partition coefficient (Wildman–Crippen LogP) is 3.24. The summed E-state index contributed by atoms with van der Waals surface area (Å²) in [5, 5.41) is 2.88. The van der Waals surface area contributed by atoms with E-state index in [-0.39, 0.29) is 30.2 Å². The largest absolute Gasteiger partial charge is 0.495 e. The smallest absolute Gasteiger partial charge is 0.229 e. The predicted molar refractivity (Wildman–Crippen MR) is 96.3 cm³/mol. The van der Waals surface area contributed by atoms with Gasteiger partial charge in [-0.1, -0.05) is 42.5 Å². The molecule has 2 aromatic rings. The molecule has 0 bridgehead atoms. The molecule has 3 rings (SSSR count). The molecule has 0 unspecified atom stereocenters. The molecule has 5 heteroatoms. The number of anilines is 1. The first-order chi connectivity index (χ1) is 12.1. The van der Waals surface area contributed by atoms with Gasteiger partial charge in [0.25, 0.3) is 0 Å². The van der Waals surface area contributed by atoms with Crippen LogP contribution in [-0.4, -0.2) is 30.4 Å². The van der Waals surface area contributed by atoms with Crippen LogP contribution in [0.15, 0.2) is 54.6 Å². The Balaban J connectivity index is 1.68. The Morgan fingerprint density at radius 1 is 1.16 bits per heavy atom. The number of ether oxygens (including phenoxy) is 1. The number of nitrogens with one attached hydrogen (secondary N) is 1. The Bertz CT molecular complexity index is 761. The summed E-state index contributed by atoms with van der Waals surface area (Å²) in [4.78, 5) is 26.8. The van der Waals surface area contributed by atoms with Crippen molar-refractivity contribution < 1.29 is 14.3 Å². The van der Waals surface area contributed by atoms with Gasteiger partial charge >= 0.3 is 0 Å². The van der Waals surface area contributed by atoms with E-state index in [1.165, 1.54) is 0 Å². The summed E-state index contributed by atoms with van der Waals surface area (Å²) in [6, 6.07) is 17.1. The summed E-state index contributed by atoms with van der Waals surface area (Å²) in [7, 11) is 1.56. The third kappa shape index (κ3) is 3.65. The molecule has 2 amide bonds. The van der Waals surface area contributed by atoms with Crippen LogP contribution in [0.3, 0.4) is 0 Å². The van der Waals surface area contributed by atoms with Crippen molar-refractivity contribution in [3.8, 4) is 5.75 Å². The molecule has 1 aliphatic heterocycles. The van der Waals surface area contributed by atoms with Gasteiger partial charge in [-0.3, -0.25) is 9.59 Å². The summed E-state index contributed by atoms with van der Waals surface area (Å²) in [5.74, 6) is 0.107. The SMILES string of the molecule is COc1ccccc1NC(=O)[C@@H]1CC(=O)N([C@H](C)c2ccccc2)C1. The van der Waals surface area contributed by atoms with Gasteiger partial charge in [-0.2, -0.15) is 0 Å². The number of rotatable bonds is 5. The van der Waals surface area contributed by atoms with E-state index in [4.69, 9.17) is 4.74 Å². The minimum Gasteiger partial charge on any atom is -0.495 e. The minimum absolute atomic E-state index is 0.0107. The molecule has 0 radical (unpaired) electrons. The van der Waals surface area contributed by atoms with Crippen LogP contribution in [0.2, 0.25) is 0 Å². The van der Waals surface area contributed by atoms with Gasteiger partial charge in [-0.25, -0.2) is 0 Å². The quantitative estimate of drug-likeness (QED) is 0.910. The minimum atomic E-state index is -0.358. The average Bonchev–Trinajstić information content (AvgIpc) is 3.04. The molecule has 1 N–H and O–H groups in total. The fraction of sp³-hybridized carbons (Fsp3) is 0.300. The van der Waals surface area contributed by atoms with E-state index < -0.39 is 0 Å². The van der Waals surface area contributed by atoms with Crippen molar-refractivity contribution >= 4 is 17.5 Å². The zero-order valence-corrected chi connectivity index (χ0v) is 14.4. The van der Waals surface area contributed by atoms with Crippen LogP contribution in [0.5, 0.6) is 5.75 Å². The molecule has 2 atom stereocenters. The van der Waals surface area contributed by atoms with Crippen molar-refractivity contribution in [2.45, 2.75) is 19.4 Å². The van der Waals surface area contributed by atoms with Crippen LogP contribution in [0.4, 0.5) is 5.69 Å². The molecule has 1 saturated heterocycles. The van der Waals surface area contributed by atoms with Gasteiger partial charge in [-0.05, 0) is 24.6 Å². The molecular formula is C20H22N2O3. The van der Waals surface area contributed by atoms with E-state index >= 15 is 0 Å². The van der Waals surface area contributed by atoms with Crippen molar-refractivity contribution in [1.29, 1.82) is 0 Å². The second-order valence-electron chi connectivity index (χ2n) is 6.22. The molecule has 2 aromatic carbocycles. The van der Waals surface area contributed by atoms with E-state index in [2.05, 4.69) is 5.32 Å². The van der Waals surface area contributed by atoms with Gasteiger partial charge in [0, 0.05) is 13.0 Å². The summed E-state index contributed by atoms with van der Waals surface area (Å²) in [6.07, 6.45) is 0.234. The van der Waals surface area contributed by atoms with Gasteiger partial charge in [0.1, 0.15) is 5.75 Å². The molecule has 5 nitrogen and oxygen atoms in total. The van der Waals surface area contributed by atoms with E-state index in [0.29, 0.717) is 18.0 Å². The van der Waals surface area contributed by atoms with Gasteiger partial charge < -0.3 is 15.0 Å². The van der Waals surface area contributed by atoms with Crippen molar-refractivity contribution in [3.05, 3.63) is 60.2 Å². The van der Waals surface area contributed by atoms with Crippen LogP contribution in [0.1, 0.15) is 24.9 Å². The van der Waals surface area contributed by atoms with Crippen LogP contribution >= 0.6 is 0 Å². The van der Waals surface area contributed by atoms with Gasteiger partial charge in [0.15, 0.2) is 0 Å². The van der Waals surface area contributed by atoms with Crippen molar-refractivity contribution in [3.63, 3.8) is 0 Å². The maximum Gasteiger partial charge on any atom is 0.229 e. The lowest BCUT2D eigenvalue weighted by Gasteiger charge is -2.25. The van der Waals surface area contributed by atoms with E-state index in [1.807, 2.05) is 49.4 Å². The molecule has 0 spiro atoms. The Morgan fingerprint density at radius 2 is 1.84 bits per heavy atom. The number of benzene rings is 2. The molecule has 0 saturated carbocycles. The Labute approximate surface area is 147 Å². The average molecular weight is 338 g/mol. The number of nitrogens with zero attached hydrogens (tertiary/aromatic N) is 1. The van der Waals surface area contributed by atoms with E-state index in [9.17, 15) is 9.59 Å².